The number of Topliss-reactive ketones (excluding diaryl/α,β-unsaturated/α-hetero) is 2. The average Bonchev–Trinajstić information content (AvgIpc) is 2.81. The number of hydrogen-bond donors (Lipinski definition) is 10. The second-order valence-electron chi connectivity index (χ2n) is 10.4. The van der Waals surface area contributed by atoms with Gasteiger partial charge in [0.1, 0.15) is 22.8 Å². The normalized spacial score (nSPS) is 24.7. The second-order valence-corrected chi connectivity index (χ2v) is 12.2. The molecule has 4 atom stereocenters. The Morgan fingerprint density at radius 2 is 1.45 bits per heavy atom. The highest BCUT2D eigenvalue weighted by molar-refractivity contribution is 7.80. The van der Waals surface area contributed by atoms with Crippen LogP contribution in [0.3, 0.4) is 0 Å². The molecule has 0 radical (unpaired) electrons. The molecule has 1 fully saturated rings. The zero-order chi connectivity index (χ0) is 34.4. The van der Waals surface area contributed by atoms with Crippen molar-refractivity contribution < 1.29 is 69.9 Å². The number of likely N-dealkylation sites (N-methyl/N-ethyl adjacent to an activating group) is 1. The lowest BCUT2D eigenvalue weighted by atomic mass is 9.57. The first kappa shape index (κ1) is 36.4. The van der Waals surface area contributed by atoms with E-state index in [2.05, 4.69) is 0 Å². The molecule has 0 bridgehead atoms. The van der Waals surface area contributed by atoms with E-state index in [1.165, 1.54) is 4.90 Å². The molecule has 12 N–H and O–H groups in total. The topological polar surface area (TPSA) is 340 Å². The molecule has 21 heteroatoms. The molecular formula is C23H32N4O15S2. The van der Waals surface area contributed by atoms with Gasteiger partial charge in [0.05, 0.1) is 17.3 Å². The molecule has 1 aromatic carbocycles. The zero-order valence-corrected chi connectivity index (χ0v) is 25.2. The predicted molar refractivity (Wildman–Crippen MR) is 151 cm³/mol. The number of amides is 1. The number of hydrogen-bond acceptors (Lipinski definition) is 14. The van der Waals surface area contributed by atoms with Gasteiger partial charge >= 0.3 is 20.8 Å². The van der Waals surface area contributed by atoms with Crippen LogP contribution in [0.1, 0.15) is 17.5 Å². The first-order valence-electron chi connectivity index (χ1n) is 12.1. The second kappa shape index (κ2) is 12.3. The van der Waals surface area contributed by atoms with Crippen LogP contribution in [0.2, 0.25) is 0 Å². The number of primary amides is 1. The van der Waals surface area contributed by atoms with Crippen LogP contribution in [0.25, 0.3) is 5.76 Å². The SMILES string of the molecule is CN(C)c1cc(N)c(O)c2c1C[C@H]1C[C@H]3[C@H](N(C)C)C(=O)C(C(N)=O)=C(O)[C@@]3(O)C(=O)C1=C2O.O=S(=O)(O)O.O=S(=O)(O)O. The number of carbonyl (C=O) groups is 3. The van der Waals surface area contributed by atoms with E-state index in [9.17, 15) is 34.8 Å². The van der Waals surface area contributed by atoms with E-state index in [4.69, 9.17) is 46.5 Å². The lowest BCUT2D eigenvalue weighted by molar-refractivity contribution is -0.153. The fraction of sp³-hybridized carbons (Fsp3) is 0.435. The van der Waals surface area contributed by atoms with E-state index >= 15 is 0 Å². The summed E-state index contributed by atoms with van der Waals surface area (Å²) in [7, 11) is -2.69. The standard InChI is InChI=1S/C23H28N4O7.2H2O4S/c1-26(2)12-7-11(24)17(28)14-9(12)5-8-6-10-16(27(3)4)19(30)15(22(25)33)21(32)23(10,34)20(31)13(8)18(14)29;2*1-5(2,3)4/h7-8,10,16,28-29,32,34H,5-6,24H2,1-4H3,(H2,25,33);2*(H2,1,2,3,4)/t8-,10-,16-,23-;;/m0../s1. The number of benzene rings is 1. The molecule has 0 aliphatic heterocycles. The molecule has 1 amide bonds. The maximum Gasteiger partial charge on any atom is 0.394 e. The van der Waals surface area contributed by atoms with Crippen LogP contribution in [0, 0.1) is 11.8 Å². The van der Waals surface area contributed by atoms with Crippen LogP contribution in [0.5, 0.6) is 5.75 Å². The Morgan fingerprint density at radius 1 is 0.977 bits per heavy atom. The van der Waals surface area contributed by atoms with Crippen LogP contribution in [-0.4, -0.2) is 118 Å². The van der Waals surface area contributed by atoms with Crippen LogP contribution >= 0.6 is 0 Å². The first-order valence-corrected chi connectivity index (χ1v) is 14.9. The molecule has 0 saturated heterocycles. The first-order chi connectivity index (χ1) is 19.7. The number of phenolic OH excluding ortho intramolecular Hbond substituents is 1. The molecule has 1 saturated carbocycles. The Labute approximate surface area is 250 Å². The third-order valence-corrected chi connectivity index (χ3v) is 7.21. The molecule has 3 aliphatic rings. The number of aliphatic hydroxyl groups is 3. The van der Waals surface area contributed by atoms with Crippen LogP contribution in [-0.2, 0) is 41.6 Å². The highest BCUT2D eigenvalue weighted by Crippen LogP contribution is 2.54. The molecule has 19 nitrogen and oxygen atoms in total. The summed E-state index contributed by atoms with van der Waals surface area (Å²) in [4.78, 5) is 42.0. The molecular weight excluding hydrogens is 636 g/mol. The van der Waals surface area contributed by atoms with Crippen molar-refractivity contribution in [2.24, 2.45) is 17.6 Å². The summed E-state index contributed by atoms with van der Waals surface area (Å²) in [6.45, 7) is 0. The van der Waals surface area contributed by atoms with E-state index in [0.717, 1.165) is 0 Å². The summed E-state index contributed by atoms with van der Waals surface area (Å²) < 4.78 is 63.2. The summed E-state index contributed by atoms with van der Waals surface area (Å²) in [6.07, 6.45) is 0.236. The minimum atomic E-state index is -4.67. The number of nitrogens with two attached hydrogens (primary N) is 2. The number of carbonyl (C=O) groups excluding carboxylic acids is 3. The predicted octanol–water partition coefficient (Wildman–Crippen LogP) is -1.69. The van der Waals surface area contributed by atoms with E-state index < -0.39 is 84.6 Å². The third-order valence-electron chi connectivity index (χ3n) is 7.21. The Balaban J connectivity index is 0.000000586. The molecule has 0 spiro atoms. The zero-order valence-electron chi connectivity index (χ0n) is 23.5. The highest BCUT2D eigenvalue weighted by atomic mass is 32.3. The van der Waals surface area contributed by atoms with Crippen molar-refractivity contribution in [3.63, 3.8) is 0 Å². The molecule has 0 heterocycles. The van der Waals surface area contributed by atoms with Crippen molar-refractivity contribution in [3.8, 4) is 5.75 Å². The van der Waals surface area contributed by atoms with Crippen LogP contribution in [0.15, 0.2) is 23.0 Å². The number of aliphatic hydroxyl groups excluding tert-OH is 2. The van der Waals surface area contributed by atoms with Gasteiger partial charge in [0, 0.05) is 31.3 Å². The Kier molecular flexibility index (Phi) is 10.1. The van der Waals surface area contributed by atoms with Gasteiger partial charge in [0.2, 0.25) is 5.78 Å². The smallest absolute Gasteiger partial charge is 0.394 e. The largest absolute Gasteiger partial charge is 0.508 e. The van der Waals surface area contributed by atoms with Crippen molar-refractivity contribution in [2.75, 3.05) is 38.8 Å². The summed E-state index contributed by atoms with van der Waals surface area (Å²) >= 11 is 0. The van der Waals surface area contributed by atoms with Gasteiger partial charge in [-0.05, 0) is 44.5 Å². The Morgan fingerprint density at radius 3 is 1.86 bits per heavy atom. The Hall–Kier alpha value is -3.83. The minimum Gasteiger partial charge on any atom is -0.508 e. The summed E-state index contributed by atoms with van der Waals surface area (Å²) in [5, 5.41) is 44.2. The van der Waals surface area contributed by atoms with Crippen LogP contribution < -0.4 is 16.4 Å². The molecule has 1 aromatic rings. The van der Waals surface area contributed by atoms with Gasteiger partial charge in [0.25, 0.3) is 5.91 Å². The summed E-state index contributed by atoms with van der Waals surface area (Å²) in [5.41, 5.74) is 8.68. The van der Waals surface area contributed by atoms with Gasteiger partial charge in [-0.25, -0.2) is 0 Å². The molecule has 0 aromatic heterocycles. The van der Waals surface area contributed by atoms with E-state index in [1.54, 1.807) is 39.2 Å². The number of phenols is 1. The number of aromatic hydroxyl groups is 1. The molecule has 4 rings (SSSR count). The number of nitrogen functional groups attached to an aromatic ring is 1. The Bertz CT molecular complexity index is 1640. The van der Waals surface area contributed by atoms with Crippen molar-refractivity contribution in [2.45, 2.75) is 24.5 Å². The molecule has 44 heavy (non-hydrogen) atoms. The van der Waals surface area contributed by atoms with Gasteiger partial charge in [-0.2, -0.15) is 16.8 Å². The minimum absolute atomic E-state index is 0.0115. The summed E-state index contributed by atoms with van der Waals surface area (Å²) in [5.74, 6) is -6.95. The van der Waals surface area contributed by atoms with E-state index in [0.29, 0.717) is 11.3 Å². The number of fused-ring (bicyclic) bond motifs is 3. The molecule has 3 aliphatic carbocycles. The van der Waals surface area contributed by atoms with Crippen molar-refractivity contribution in [1.29, 1.82) is 0 Å². The number of ketones is 2. The van der Waals surface area contributed by atoms with Crippen molar-refractivity contribution in [1.82, 2.24) is 4.90 Å². The van der Waals surface area contributed by atoms with E-state index in [-0.39, 0.29) is 29.7 Å². The lowest BCUT2D eigenvalue weighted by Crippen LogP contribution is -2.65. The maximum atomic E-state index is 13.7. The highest BCUT2D eigenvalue weighted by Gasteiger charge is 2.64. The fourth-order valence-corrected chi connectivity index (χ4v) is 5.71. The van der Waals surface area contributed by atoms with Crippen molar-refractivity contribution >= 4 is 55.4 Å². The van der Waals surface area contributed by atoms with E-state index in [1.807, 2.05) is 0 Å². The average molecular weight is 669 g/mol. The number of nitrogens with zero attached hydrogens (tertiary/aromatic N) is 2. The van der Waals surface area contributed by atoms with Crippen molar-refractivity contribution in [3.05, 3.63) is 34.1 Å². The molecule has 0 unspecified atom stereocenters. The van der Waals surface area contributed by atoms with Crippen LogP contribution in [0.4, 0.5) is 11.4 Å². The third kappa shape index (κ3) is 7.10. The van der Waals surface area contributed by atoms with Gasteiger partial charge in [0.15, 0.2) is 11.4 Å². The quantitative estimate of drug-likeness (QED) is 0.0742. The summed E-state index contributed by atoms with van der Waals surface area (Å²) in [6, 6.07) is 0.444. The fourth-order valence-electron chi connectivity index (χ4n) is 5.71. The maximum absolute atomic E-state index is 13.7. The number of rotatable bonds is 3. The van der Waals surface area contributed by atoms with Gasteiger partial charge in [-0.1, -0.05) is 0 Å². The molecule has 246 valence electrons. The van der Waals surface area contributed by atoms with Gasteiger partial charge in [-0.3, -0.25) is 37.5 Å². The van der Waals surface area contributed by atoms with Gasteiger partial charge < -0.3 is 36.8 Å². The number of anilines is 2. The monoisotopic (exact) mass is 668 g/mol. The van der Waals surface area contributed by atoms with Gasteiger partial charge in [-0.15, -0.1) is 0 Å². The lowest BCUT2D eigenvalue weighted by Gasteiger charge is -2.50.